The summed E-state index contributed by atoms with van der Waals surface area (Å²) in [5.41, 5.74) is 6.32. The molecule has 2 aromatic rings. The number of rotatable bonds is 5. The highest BCUT2D eigenvalue weighted by Gasteiger charge is 2.07. The Morgan fingerprint density at radius 2 is 1.83 bits per heavy atom. The number of hydrogen-bond donors (Lipinski definition) is 1. The van der Waals surface area contributed by atoms with Gasteiger partial charge in [0.25, 0.3) is 0 Å². The Labute approximate surface area is 111 Å². The Balaban J connectivity index is 1.96. The van der Waals surface area contributed by atoms with Gasteiger partial charge in [-0.1, -0.05) is 18.2 Å². The molecule has 0 radical (unpaired) electrons. The van der Waals surface area contributed by atoms with E-state index in [2.05, 4.69) is 17.0 Å². The molecule has 0 saturated carbocycles. The largest absolute Gasteiger partial charge is 0.326 e. The summed E-state index contributed by atoms with van der Waals surface area (Å²) in [6.45, 7) is 2.02. The molecule has 0 amide bonds. The first-order valence-corrected chi connectivity index (χ1v) is 6.70. The molecule has 1 aromatic carbocycles. The Kier molecular flexibility index (Phi) is 4.47. The number of nitrogens with zero attached hydrogens (tertiary/aromatic N) is 1. The van der Waals surface area contributed by atoms with E-state index in [1.165, 1.54) is 15.8 Å². The van der Waals surface area contributed by atoms with Gasteiger partial charge < -0.3 is 5.73 Å². The van der Waals surface area contributed by atoms with E-state index >= 15 is 0 Å². The second-order valence-electron chi connectivity index (χ2n) is 4.34. The van der Waals surface area contributed by atoms with Crippen LogP contribution in [0.1, 0.15) is 15.3 Å². The second-order valence-corrected chi connectivity index (χ2v) is 5.59. The summed E-state index contributed by atoms with van der Waals surface area (Å²) in [5.74, 6) is -0.141. The molecule has 2 nitrogen and oxygen atoms in total. The molecule has 2 N–H and O–H groups in total. The number of halogens is 1. The van der Waals surface area contributed by atoms with Crippen LogP contribution in [0.25, 0.3) is 0 Å². The highest BCUT2D eigenvalue weighted by molar-refractivity contribution is 7.11. The summed E-state index contributed by atoms with van der Waals surface area (Å²) < 4.78 is 13.5. The zero-order chi connectivity index (χ0) is 13.0. The minimum Gasteiger partial charge on any atom is -0.326 e. The van der Waals surface area contributed by atoms with Crippen molar-refractivity contribution in [2.45, 2.75) is 19.6 Å². The Hall–Kier alpha value is -1.23. The van der Waals surface area contributed by atoms with Gasteiger partial charge in [-0.05, 0) is 25.2 Å². The monoisotopic (exact) mass is 264 g/mol. The van der Waals surface area contributed by atoms with Crippen molar-refractivity contribution in [3.8, 4) is 0 Å². The van der Waals surface area contributed by atoms with Gasteiger partial charge in [-0.25, -0.2) is 4.39 Å². The minimum absolute atomic E-state index is 0.141. The summed E-state index contributed by atoms with van der Waals surface area (Å²) >= 11 is 1.72. The third kappa shape index (κ3) is 3.38. The van der Waals surface area contributed by atoms with Crippen molar-refractivity contribution in [3.05, 3.63) is 57.5 Å². The fourth-order valence-electron chi connectivity index (χ4n) is 1.86. The van der Waals surface area contributed by atoms with Gasteiger partial charge in [0.15, 0.2) is 0 Å². The summed E-state index contributed by atoms with van der Waals surface area (Å²) in [6.07, 6.45) is 0. The zero-order valence-electron chi connectivity index (χ0n) is 10.4. The van der Waals surface area contributed by atoms with Gasteiger partial charge in [-0.2, -0.15) is 0 Å². The molecule has 0 spiro atoms. The van der Waals surface area contributed by atoms with Gasteiger partial charge in [0.05, 0.1) is 0 Å². The molecular formula is C14H17FN2S. The standard InChI is InChI=1S/C14H17FN2S/c1-17(9-11-4-2-3-5-14(11)15)10-13-7-6-12(8-16)18-13/h2-7H,8-10,16H2,1H3. The minimum atomic E-state index is -0.141. The number of thiophene rings is 1. The first-order valence-electron chi connectivity index (χ1n) is 5.88. The normalized spacial score (nSPS) is 11.1. The fraction of sp³-hybridized carbons (Fsp3) is 0.286. The molecule has 96 valence electrons. The van der Waals surface area contributed by atoms with Gasteiger partial charge >= 0.3 is 0 Å². The lowest BCUT2D eigenvalue weighted by molar-refractivity contribution is 0.316. The lowest BCUT2D eigenvalue weighted by Crippen LogP contribution is -2.17. The summed E-state index contributed by atoms with van der Waals surface area (Å²) in [6, 6.07) is 11.0. The number of hydrogen-bond acceptors (Lipinski definition) is 3. The average Bonchev–Trinajstić information content (AvgIpc) is 2.80. The van der Waals surface area contributed by atoms with Crippen LogP contribution in [0.2, 0.25) is 0 Å². The second kappa shape index (κ2) is 6.09. The van der Waals surface area contributed by atoms with Crippen LogP contribution in [-0.4, -0.2) is 11.9 Å². The number of benzene rings is 1. The van der Waals surface area contributed by atoms with Crippen LogP contribution in [0.5, 0.6) is 0 Å². The first kappa shape index (κ1) is 13.2. The molecule has 0 aliphatic rings. The molecule has 4 heteroatoms. The van der Waals surface area contributed by atoms with E-state index in [1.54, 1.807) is 17.4 Å². The lowest BCUT2D eigenvalue weighted by Gasteiger charge is -2.16. The van der Waals surface area contributed by atoms with Crippen LogP contribution < -0.4 is 5.73 Å². The summed E-state index contributed by atoms with van der Waals surface area (Å²) in [5, 5.41) is 0. The van der Waals surface area contributed by atoms with E-state index in [9.17, 15) is 4.39 Å². The van der Waals surface area contributed by atoms with E-state index in [4.69, 9.17) is 5.73 Å². The molecule has 1 heterocycles. The van der Waals surface area contributed by atoms with E-state index in [0.29, 0.717) is 13.1 Å². The summed E-state index contributed by atoms with van der Waals surface area (Å²) in [7, 11) is 1.99. The van der Waals surface area contributed by atoms with E-state index < -0.39 is 0 Å². The van der Waals surface area contributed by atoms with Crippen molar-refractivity contribution < 1.29 is 4.39 Å². The maximum Gasteiger partial charge on any atom is 0.127 e. The topological polar surface area (TPSA) is 29.3 Å². The Bertz CT molecular complexity index is 510. The van der Waals surface area contributed by atoms with E-state index in [-0.39, 0.29) is 5.82 Å². The van der Waals surface area contributed by atoms with Crippen LogP contribution in [0.15, 0.2) is 36.4 Å². The first-order chi connectivity index (χ1) is 8.69. The van der Waals surface area contributed by atoms with Crippen molar-refractivity contribution in [2.24, 2.45) is 5.73 Å². The van der Waals surface area contributed by atoms with Crippen molar-refractivity contribution >= 4 is 11.3 Å². The SMILES string of the molecule is CN(Cc1ccc(CN)s1)Cc1ccccc1F. The quantitative estimate of drug-likeness (QED) is 0.899. The fourth-order valence-corrected chi connectivity index (χ4v) is 2.83. The highest BCUT2D eigenvalue weighted by Crippen LogP contribution is 2.18. The molecular weight excluding hydrogens is 247 g/mol. The van der Waals surface area contributed by atoms with Crippen LogP contribution >= 0.6 is 11.3 Å². The predicted octanol–water partition coefficient (Wildman–Crippen LogP) is 2.98. The van der Waals surface area contributed by atoms with Gasteiger partial charge in [-0.15, -0.1) is 11.3 Å². The Morgan fingerprint density at radius 3 is 2.50 bits per heavy atom. The van der Waals surface area contributed by atoms with E-state index in [1.807, 2.05) is 19.2 Å². The molecule has 18 heavy (non-hydrogen) atoms. The molecule has 0 atom stereocenters. The van der Waals surface area contributed by atoms with Crippen molar-refractivity contribution in [3.63, 3.8) is 0 Å². The maximum atomic E-state index is 13.5. The number of nitrogens with two attached hydrogens (primary N) is 1. The van der Waals surface area contributed by atoms with Crippen LogP contribution in [0, 0.1) is 5.82 Å². The average molecular weight is 264 g/mol. The van der Waals surface area contributed by atoms with Crippen molar-refractivity contribution in [2.75, 3.05) is 7.05 Å². The lowest BCUT2D eigenvalue weighted by atomic mass is 10.2. The molecule has 2 rings (SSSR count). The Morgan fingerprint density at radius 1 is 1.11 bits per heavy atom. The highest BCUT2D eigenvalue weighted by atomic mass is 32.1. The van der Waals surface area contributed by atoms with Gasteiger partial charge in [0, 0.05) is 35.0 Å². The zero-order valence-corrected chi connectivity index (χ0v) is 11.2. The molecule has 0 bridgehead atoms. The van der Waals surface area contributed by atoms with Gasteiger partial charge in [0.2, 0.25) is 0 Å². The molecule has 0 saturated heterocycles. The van der Waals surface area contributed by atoms with Gasteiger partial charge in [0.1, 0.15) is 5.82 Å². The predicted molar refractivity (Wildman–Crippen MR) is 73.8 cm³/mol. The smallest absolute Gasteiger partial charge is 0.127 e. The van der Waals surface area contributed by atoms with Crippen LogP contribution in [0.4, 0.5) is 4.39 Å². The molecule has 1 aromatic heterocycles. The van der Waals surface area contributed by atoms with E-state index in [0.717, 1.165) is 12.1 Å². The third-order valence-electron chi connectivity index (χ3n) is 2.74. The molecule has 0 aliphatic carbocycles. The van der Waals surface area contributed by atoms with Gasteiger partial charge in [-0.3, -0.25) is 4.90 Å². The molecule has 0 aliphatic heterocycles. The maximum absolute atomic E-state index is 13.5. The molecule has 0 unspecified atom stereocenters. The van der Waals surface area contributed by atoms with Crippen LogP contribution in [-0.2, 0) is 19.6 Å². The van der Waals surface area contributed by atoms with Crippen molar-refractivity contribution in [1.82, 2.24) is 4.90 Å². The van der Waals surface area contributed by atoms with Crippen LogP contribution in [0.3, 0.4) is 0 Å². The molecule has 0 fully saturated rings. The third-order valence-corrected chi connectivity index (χ3v) is 3.83. The van der Waals surface area contributed by atoms with Crippen molar-refractivity contribution in [1.29, 1.82) is 0 Å². The summed E-state index contributed by atoms with van der Waals surface area (Å²) in [4.78, 5) is 4.54.